The van der Waals surface area contributed by atoms with E-state index in [1.807, 2.05) is 30.3 Å². The molecular weight excluding hydrogens is 327 g/mol. The van der Waals surface area contributed by atoms with E-state index in [4.69, 9.17) is 9.47 Å². The van der Waals surface area contributed by atoms with Gasteiger partial charge in [-0.3, -0.25) is 0 Å². The number of esters is 1. The summed E-state index contributed by atoms with van der Waals surface area (Å²) in [4.78, 5) is 11.5. The van der Waals surface area contributed by atoms with E-state index in [1.54, 1.807) is 0 Å². The summed E-state index contributed by atoms with van der Waals surface area (Å²) in [5.41, 5.74) is 0.896. The van der Waals surface area contributed by atoms with Gasteiger partial charge in [-0.15, -0.1) is 0 Å². The lowest BCUT2D eigenvalue weighted by Crippen LogP contribution is -2.15. The number of rotatable bonds is 5. The Morgan fingerprint density at radius 1 is 1.15 bits per heavy atom. The van der Waals surface area contributed by atoms with Crippen LogP contribution in [0.25, 0.3) is 0 Å². The summed E-state index contributed by atoms with van der Waals surface area (Å²) in [6.45, 7) is -0.0811. The van der Waals surface area contributed by atoms with Gasteiger partial charge in [-0.05, 0) is 33.6 Å². The lowest BCUT2D eigenvalue weighted by Gasteiger charge is -2.08. The zero-order valence-electron chi connectivity index (χ0n) is 10.5. The second-order valence-electron chi connectivity index (χ2n) is 4.01. The van der Waals surface area contributed by atoms with Crippen molar-refractivity contribution in [1.82, 2.24) is 0 Å². The molecule has 0 aliphatic heterocycles. The van der Waals surface area contributed by atoms with Crippen LogP contribution < -0.4 is 4.74 Å². The highest BCUT2D eigenvalue weighted by Crippen LogP contribution is 2.25. The molecule has 0 saturated carbocycles. The van der Waals surface area contributed by atoms with E-state index in [0.29, 0.717) is 4.47 Å². The molecule has 2 rings (SSSR count). The van der Waals surface area contributed by atoms with Crippen LogP contribution in [0.3, 0.4) is 0 Å². The summed E-state index contributed by atoms with van der Waals surface area (Å²) < 4.78 is 23.9. The van der Waals surface area contributed by atoms with Crippen molar-refractivity contribution in [2.75, 3.05) is 6.61 Å². The van der Waals surface area contributed by atoms with Crippen LogP contribution in [0.2, 0.25) is 0 Å². The molecule has 0 heterocycles. The maximum Gasteiger partial charge on any atom is 0.344 e. The third-order valence-electron chi connectivity index (χ3n) is 2.48. The average Bonchev–Trinajstić information content (AvgIpc) is 2.47. The molecule has 0 N–H and O–H groups in total. The Balaban J connectivity index is 1.82. The van der Waals surface area contributed by atoms with Gasteiger partial charge in [0.05, 0.1) is 4.47 Å². The summed E-state index contributed by atoms with van der Waals surface area (Å²) in [5.74, 6) is -0.674. The molecule has 0 amide bonds. The number of halogens is 2. The first-order valence-corrected chi connectivity index (χ1v) is 6.72. The molecule has 0 aromatic heterocycles. The van der Waals surface area contributed by atoms with Crippen molar-refractivity contribution < 1.29 is 18.7 Å². The molecule has 20 heavy (non-hydrogen) atoms. The van der Waals surface area contributed by atoms with Crippen LogP contribution in [0.1, 0.15) is 5.56 Å². The minimum Gasteiger partial charge on any atom is -0.481 e. The Bertz CT molecular complexity index is 587. The van der Waals surface area contributed by atoms with Crippen LogP contribution >= 0.6 is 15.9 Å². The molecule has 5 heteroatoms. The normalized spacial score (nSPS) is 10.1. The fraction of sp³-hybridized carbons (Fsp3) is 0.133. The molecule has 0 aliphatic rings. The Morgan fingerprint density at radius 2 is 1.90 bits per heavy atom. The number of carbonyl (C=O) groups excluding carboxylic acids is 1. The van der Waals surface area contributed by atoms with Gasteiger partial charge in [0.25, 0.3) is 0 Å². The monoisotopic (exact) mass is 338 g/mol. The highest BCUT2D eigenvalue weighted by Gasteiger charge is 2.08. The predicted octanol–water partition coefficient (Wildman–Crippen LogP) is 3.71. The molecule has 0 saturated heterocycles. The summed E-state index contributed by atoms with van der Waals surface area (Å²) in [5, 5.41) is 0. The van der Waals surface area contributed by atoms with Crippen molar-refractivity contribution in [2.45, 2.75) is 6.61 Å². The van der Waals surface area contributed by atoms with Crippen molar-refractivity contribution in [3.8, 4) is 5.75 Å². The molecule has 2 aromatic carbocycles. The second kappa shape index (κ2) is 7.05. The number of benzene rings is 2. The van der Waals surface area contributed by atoms with Crippen molar-refractivity contribution >= 4 is 21.9 Å². The van der Waals surface area contributed by atoms with Gasteiger partial charge >= 0.3 is 5.97 Å². The number of carbonyl (C=O) groups is 1. The summed E-state index contributed by atoms with van der Waals surface area (Å²) in [6.07, 6.45) is 0. The van der Waals surface area contributed by atoms with Gasteiger partial charge in [0.2, 0.25) is 0 Å². The second-order valence-corrected chi connectivity index (χ2v) is 4.86. The third kappa shape index (κ3) is 4.35. The van der Waals surface area contributed by atoms with Crippen molar-refractivity contribution in [3.63, 3.8) is 0 Å². The molecule has 104 valence electrons. The number of hydrogen-bond donors (Lipinski definition) is 0. The van der Waals surface area contributed by atoms with Crippen molar-refractivity contribution in [1.29, 1.82) is 0 Å². The van der Waals surface area contributed by atoms with E-state index in [9.17, 15) is 9.18 Å². The van der Waals surface area contributed by atoms with Crippen LogP contribution in [0, 0.1) is 5.82 Å². The fourth-order valence-corrected chi connectivity index (χ4v) is 1.87. The standard InChI is InChI=1S/C15H12BrFO3/c16-13-7-6-12(17)8-14(13)19-10-15(18)20-9-11-4-2-1-3-5-11/h1-8H,9-10H2. The third-order valence-corrected chi connectivity index (χ3v) is 3.14. The first-order valence-electron chi connectivity index (χ1n) is 5.92. The average molecular weight is 339 g/mol. The van der Waals surface area contributed by atoms with Gasteiger partial charge in [0.15, 0.2) is 6.61 Å². The van der Waals surface area contributed by atoms with Gasteiger partial charge in [-0.2, -0.15) is 0 Å². The van der Waals surface area contributed by atoms with E-state index in [1.165, 1.54) is 18.2 Å². The SMILES string of the molecule is O=C(COc1cc(F)ccc1Br)OCc1ccccc1. The number of hydrogen-bond acceptors (Lipinski definition) is 3. The predicted molar refractivity (Wildman–Crippen MR) is 75.8 cm³/mol. The molecule has 0 fully saturated rings. The van der Waals surface area contributed by atoms with Crippen LogP contribution in [-0.2, 0) is 16.1 Å². The molecule has 0 bridgehead atoms. The van der Waals surface area contributed by atoms with Crippen LogP contribution in [-0.4, -0.2) is 12.6 Å². The van der Waals surface area contributed by atoms with Crippen LogP contribution in [0.5, 0.6) is 5.75 Å². The van der Waals surface area contributed by atoms with Gasteiger partial charge in [0.1, 0.15) is 18.2 Å². The molecular formula is C15H12BrFO3. The van der Waals surface area contributed by atoms with Gasteiger partial charge < -0.3 is 9.47 Å². The van der Waals surface area contributed by atoms with Gasteiger partial charge in [-0.25, -0.2) is 9.18 Å². The maximum atomic E-state index is 13.0. The molecule has 3 nitrogen and oxygen atoms in total. The summed E-state index contributed by atoms with van der Waals surface area (Å²) >= 11 is 3.21. The van der Waals surface area contributed by atoms with E-state index in [2.05, 4.69) is 15.9 Å². The highest BCUT2D eigenvalue weighted by molar-refractivity contribution is 9.10. The molecule has 2 aromatic rings. The van der Waals surface area contributed by atoms with Crippen molar-refractivity contribution in [3.05, 3.63) is 64.4 Å². The largest absolute Gasteiger partial charge is 0.481 e. The van der Waals surface area contributed by atoms with Gasteiger partial charge in [0, 0.05) is 6.07 Å². The Labute approximate surface area is 124 Å². The lowest BCUT2D eigenvalue weighted by molar-refractivity contribution is -0.147. The van der Waals surface area contributed by atoms with E-state index < -0.39 is 11.8 Å². The quantitative estimate of drug-likeness (QED) is 0.779. The zero-order chi connectivity index (χ0) is 14.4. The minimum absolute atomic E-state index is 0.188. The minimum atomic E-state index is -0.509. The van der Waals surface area contributed by atoms with Crippen LogP contribution in [0.15, 0.2) is 53.0 Å². The summed E-state index contributed by atoms with van der Waals surface area (Å²) in [7, 11) is 0. The van der Waals surface area contributed by atoms with E-state index in [-0.39, 0.29) is 19.0 Å². The summed E-state index contributed by atoms with van der Waals surface area (Å²) in [6, 6.07) is 13.3. The first kappa shape index (κ1) is 14.5. The topological polar surface area (TPSA) is 35.5 Å². The molecule has 0 unspecified atom stereocenters. The lowest BCUT2D eigenvalue weighted by atomic mass is 10.2. The zero-order valence-corrected chi connectivity index (χ0v) is 12.1. The Morgan fingerprint density at radius 3 is 2.65 bits per heavy atom. The maximum absolute atomic E-state index is 13.0. The van der Waals surface area contributed by atoms with E-state index in [0.717, 1.165) is 5.56 Å². The van der Waals surface area contributed by atoms with Crippen molar-refractivity contribution in [2.24, 2.45) is 0 Å². The molecule has 0 radical (unpaired) electrons. The van der Waals surface area contributed by atoms with E-state index >= 15 is 0 Å². The smallest absolute Gasteiger partial charge is 0.344 e. The molecule has 0 aliphatic carbocycles. The molecule has 0 atom stereocenters. The Kier molecular flexibility index (Phi) is 5.12. The van der Waals surface area contributed by atoms with Crippen LogP contribution in [0.4, 0.5) is 4.39 Å². The van der Waals surface area contributed by atoms with Gasteiger partial charge in [-0.1, -0.05) is 30.3 Å². The molecule has 0 spiro atoms. The Hall–Kier alpha value is -1.88. The number of ether oxygens (including phenoxy) is 2. The fourth-order valence-electron chi connectivity index (χ4n) is 1.50. The highest BCUT2D eigenvalue weighted by atomic mass is 79.9. The first-order chi connectivity index (χ1) is 9.65.